The van der Waals surface area contributed by atoms with Gasteiger partial charge >= 0.3 is 0 Å². The third kappa shape index (κ3) is 2.53. The van der Waals surface area contributed by atoms with E-state index in [1.807, 2.05) is 53.9 Å². The van der Waals surface area contributed by atoms with Gasteiger partial charge in [0.05, 0.1) is 21.8 Å². The number of hydrogen-bond acceptors (Lipinski definition) is 3. The van der Waals surface area contributed by atoms with Gasteiger partial charge < -0.3 is 10.1 Å². The van der Waals surface area contributed by atoms with Crippen LogP contribution in [-0.2, 0) is 0 Å². The topological polar surface area (TPSA) is 48.9 Å². The van der Waals surface area contributed by atoms with Crippen LogP contribution in [0, 0.1) is 0 Å². The number of para-hydroxylation sites is 1. The molecule has 112 valence electrons. The van der Waals surface area contributed by atoms with Crippen LogP contribution in [0.1, 0.15) is 0 Å². The standard InChI is InChI=1S/C19H14N2OS/c22-15-10-5-4-9-14(15)19-20-17(13-7-2-1-3-8-13)18(21-19)16-11-6-12-23-16/h1-12,22H,(H,20,21). The molecule has 2 heterocycles. The summed E-state index contributed by atoms with van der Waals surface area (Å²) in [5, 5.41) is 12.2. The quantitative estimate of drug-likeness (QED) is 0.547. The van der Waals surface area contributed by atoms with Crippen LogP contribution in [0.2, 0.25) is 0 Å². The number of benzene rings is 2. The second-order valence-electron chi connectivity index (χ2n) is 5.17. The number of aromatic hydroxyl groups is 1. The molecule has 4 aromatic rings. The van der Waals surface area contributed by atoms with Crippen LogP contribution in [0.5, 0.6) is 5.75 Å². The molecule has 0 atom stereocenters. The first-order valence-corrected chi connectivity index (χ1v) is 8.18. The minimum atomic E-state index is 0.221. The lowest BCUT2D eigenvalue weighted by atomic mass is 10.1. The summed E-state index contributed by atoms with van der Waals surface area (Å²) >= 11 is 1.66. The molecule has 4 rings (SSSR count). The highest BCUT2D eigenvalue weighted by atomic mass is 32.1. The van der Waals surface area contributed by atoms with E-state index in [1.54, 1.807) is 23.5 Å². The lowest BCUT2D eigenvalue weighted by Gasteiger charge is -1.99. The molecule has 0 saturated carbocycles. The fourth-order valence-corrected chi connectivity index (χ4v) is 3.31. The third-order valence-electron chi connectivity index (χ3n) is 3.68. The zero-order valence-electron chi connectivity index (χ0n) is 12.2. The predicted molar refractivity (Wildman–Crippen MR) is 94.4 cm³/mol. The molecule has 0 bridgehead atoms. The molecule has 23 heavy (non-hydrogen) atoms. The largest absolute Gasteiger partial charge is 0.507 e. The molecule has 0 saturated heterocycles. The van der Waals surface area contributed by atoms with Crippen molar-refractivity contribution in [3.63, 3.8) is 0 Å². The number of rotatable bonds is 3. The van der Waals surface area contributed by atoms with Crippen molar-refractivity contribution >= 4 is 11.3 Å². The van der Waals surface area contributed by atoms with Crippen molar-refractivity contribution in [1.29, 1.82) is 0 Å². The number of aromatic nitrogens is 2. The SMILES string of the molecule is Oc1ccccc1-c1nc(-c2ccccc2)c(-c2cccs2)[nH]1. The Hall–Kier alpha value is -2.85. The lowest BCUT2D eigenvalue weighted by molar-refractivity contribution is 0.477. The third-order valence-corrected chi connectivity index (χ3v) is 4.57. The van der Waals surface area contributed by atoms with Crippen LogP contribution in [0.3, 0.4) is 0 Å². The van der Waals surface area contributed by atoms with E-state index in [4.69, 9.17) is 4.98 Å². The van der Waals surface area contributed by atoms with Crippen molar-refractivity contribution in [3.8, 4) is 39.0 Å². The van der Waals surface area contributed by atoms with Crippen molar-refractivity contribution in [3.05, 3.63) is 72.1 Å². The van der Waals surface area contributed by atoms with E-state index in [9.17, 15) is 5.11 Å². The minimum Gasteiger partial charge on any atom is -0.507 e. The molecule has 2 aromatic carbocycles. The Morgan fingerprint density at radius 2 is 1.65 bits per heavy atom. The van der Waals surface area contributed by atoms with Crippen molar-refractivity contribution in [2.75, 3.05) is 0 Å². The number of phenolic OH excluding ortho intramolecular Hbond substituents is 1. The smallest absolute Gasteiger partial charge is 0.142 e. The summed E-state index contributed by atoms with van der Waals surface area (Å²) in [4.78, 5) is 9.26. The van der Waals surface area contributed by atoms with Gasteiger partial charge in [-0.15, -0.1) is 11.3 Å². The van der Waals surface area contributed by atoms with Gasteiger partial charge in [0.2, 0.25) is 0 Å². The number of imidazole rings is 1. The Morgan fingerprint density at radius 3 is 2.39 bits per heavy atom. The number of hydrogen-bond donors (Lipinski definition) is 2. The van der Waals surface area contributed by atoms with Crippen molar-refractivity contribution < 1.29 is 5.11 Å². The fraction of sp³-hybridized carbons (Fsp3) is 0. The van der Waals surface area contributed by atoms with E-state index in [0.29, 0.717) is 11.4 Å². The van der Waals surface area contributed by atoms with Crippen molar-refractivity contribution in [2.24, 2.45) is 0 Å². The maximum Gasteiger partial charge on any atom is 0.142 e. The normalized spacial score (nSPS) is 10.8. The summed E-state index contributed by atoms with van der Waals surface area (Å²) in [7, 11) is 0. The maximum absolute atomic E-state index is 10.1. The number of phenols is 1. The summed E-state index contributed by atoms with van der Waals surface area (Å²) in [6, 6.07) is 21.4. The van der Waals surface area contributed by atoms with Crippen molar-refractivity contribution in [1.82, 2.24) is 9.97 Å². The van der Waals surface area contributed by atoms with Crippen molar-refractivity contribution in [2.45, 2.75) is 0 Å². The summed E-state index contributed by atoms with van der Waals surface area (Å²) in [6.07, 6.45) is 0. The van der Waals surface area contributed by atoms with Crippen LogP contribution in [0.4, 0.5) is 0 Å². The summed E-state index contributed by atoms with van der Waals surface area (Å²) < 4.78 is 0. The zero-order valence-corrected chi connectivity index (χ0v) is 13.0. The highest BCUT2D eigenvalue weighted by Crippen LogP contribution is 2.36. The molecule has 0 spiro atoms. The number of aromatic amines is 1. The number of nitrogens with one attached hydrogen (secondary N) is 1. The zero-order chi connectivity index (χ0) is 15.6. The molecule has 0 amide bonds. The van der Waals surface area contributed by atoms with E-state index in [1.165, 1.54) is 0 Å². The Kier molecular flexibility index (Phi) is 3.44. The second-order valence-corrected chi connectivity index (χ2v) is 6.12. The van der Waals surface area contributed by atoms with Crippen LogP contribution >= 0.6 is 11.3 Å². The van der Waals surface area contributed by atoms with Crippen LogP contribution in [0.15, 0.2) is 72.1 Å². The van der Waals surface area contributed by atoms with Crippen LogP contribution in [0.25, 0.3) is 33.2 Å². The Morgan fingerprint density at radius 1 is 0.870 bits per heavy atom. The van der Waals surface area contributed by atoms with Gasteiger partial charge in [-0.3, -0.25) is 0 Å². The van der Waals surface area contributed by atoms with Gasteiger partial charge in [-0.05, 0) is 23.6 Å². The van der Waals surface area contributed by atoms with E-state index in [0.717, 1.165) is 21.8 Å². The number of H-pyrrole nitrogens is 1. The van der Waals surface area contributed by atoms with Gasteiger partial charge in [0.1, 0.15) is 11.6 Å². The first-order valence-electron chi connectivity index (χ1n) is 7.30. The van der Waals surface area contributed by atoms with Gasteiger partial charge in [-0.1, -0.05) is 48.5 Å². The Balaban J connectivity index is 1.93. The highest BCUT2D eigenvalue weighted by Gasteiger charge is 2.17. The van der Waals surface area contributed by atoms with E-state index in [2.05, 4.69) is 11.1 Å². The van der Waals surface area contributed by atoms with Gasteiger partial charge in [0.15, 0.2) is 0 Å². The molecule has 0 radical (unpaired) electrons. The van der Waals surface area contributed by atoms with E-state index in [-0.39, 0.29) is 5.75 Å². The van der Waals surface area contributed by atoms with E-state index < -0.39 is 0 Å². The Labute approximate surface area is 137 Å². The number of nitrogens with zero attached hydrogens (tertiary/aromatic N) is 1. The molecule has 0 fully saturated rings. The molecule has 0 unspecified atom stereocenters. The van der Waals surface area contributed by atoms with Crippen LogP contribution in [-0.4, -0.2) is 15.1 Å². The first-order chi connectivity index (χ1) is 11.3. The molecular formula is C19H14N2OS. The average molecular weight is 318 g/mol. The fourth-order valence-electron chi connectivity index (χ4n) is 2.58. The lowest BCUT2D eigenvalue weighted by Crippen LogP contribution is -1.81. The molecule has 4 heteroatoms. The first kappa shape index (κ1) is 13.8. The van der Waals surface area contributed by atoms with Crippen LogP contribution < -0.4 is 0 Å². The van der Waals surface area contributed by atoms with Gasteiger partial charge in [-0.2, -0.15) is 0 Å². The molecule has 0 aliphatic rings. The second kappa shape index (κ2) is 5.74. The van der Waals surface area contributed by atoms with Gasteiger partial charge in [0.25, 0.3) is 0 Å². The molecular weight excluding hydrogens is 304 g/mol. The molecule has 0 aliphatic carbocycles. The van der Waals surface area contributed by atoms with Gasteiger partial charge in [-0.25, -0.2) is 4.98 Å². The average Bonchev–Trinajstić information content (AvgIpc) is 3.25. The summed E-state index contributed by atoms with van der Waals surface area (Å²) in [6.45, 7) is 0. The molecule has 2 aromatic heterocycles. The maximum atomic E-state index is 10.1. The summed E-state index contributed by atoms with van der Waals surface area (Å²) in [5.41, 5.74) is 3.62. The molecule has 3 nitrogen and oxygen atoms in total. The Bertz CT molecular complexity index is 927. The summed E-state index contributed by atoms with van der Waals surface area (Å²) in [5.74, 6) is 0.893. The monoisotopic (exact) mass is 318 g/mol. The molecule has 2 N–H and O–H groups in total. The number of thiophene rings is 1. The molecule has 0 aliphatic heterocycles. The highest BCUT2D eigenvalue weighted by molar-refractivity contribution is 7.13. The minimum absolute atomic E-state index is 0.221. The van der Waals surface area contributed by atoms with E-state index >= 15 is 0 Å². The predicted octanol–water partition coefficient (Wildman–Crippen LogP) is 5.18. The van der Waals surface area contributed by atoms with Gasteiger partial charge in [0, 0.05) is 5.56 Å².